The van der Waals surface area contributed by atoms with Crippen LogP contribution in [-0.2, 0) is 11.2 Å². The highest BCUT2D eigenvalue weighted by molar-refractivity contribution is 7.99. The Labute approximate surface area is 223 Å². The van der Waals surface area contributed by atoms with Gasteiger partial charge in [0.25, 0.3) is 5.69 Å². The highest BCUT2D eigenvalue weighted by atomic mass is 35.5. The molecule has 0 atom stereocenters. The van der Waals surface area contributed by atoms with Crippen LogP contribution in [0.3, 0.4) is 0 Å². The number of non-ortho nitro benzene ring substituents is 1. The van der Waals surface area contributed by atoms with Gasteiger partial charge in [0.1, 0.15) is 0 Å². The van der Waals surface area contributed by atoms with Crippen LogP contribution in [-0.4, -0.2) is 36.3 Å². The van der Waals surface area contributed by atoms with Crippen LogP contribution in [0, 0.1) is 10.1 Å². The topological polar surface area (TPSA) is 129 Å². The van der Waals surface area contributed by atoms with Gasteiger partial charge in [-0.1, -0.05) is 35.5 Å². The minimum absolute atomic E-state index is 0.0363. The molecule has 3 aromatic heterocycles. The van der Waals surface area contributed by atoms with E-state index in [1.54, 1.807) is 47.4 Å². The average molecular weight is 553 g/mol. The number of halogens is 1. The Morgan fingerprint density at radius 2 is 2.00 bits per heavy atom. The zero-order chi connectivity index (χ0) is 25.8. The fourth-order valence-corrected chi connectivity index (χ4v) is 5.21. The van der Waals surface area contributed by atoms with Crippen molar-refractivity contribution < 1.29 is 14.1 Å². The first-order chi connectivity index (χ1) is 18.0. The van der Waals surface area contributed by atoms with Gasteiger partial charge in [0.15, 0.2) is 16.0 Å². The number of hydrogen-bond acceptors (Lipinski definition) is 9. The Morgan fingerprint density at radius 1 is 1.16 bits per heavy atom. The predicted octanol–water partition coefficient (Wildman–Crippen LogP) is 5.87. The number of anilines is 1. The molecule has 3 heterocycles. The van der Waals surface area contributed by atoms with E-state index in [2.05, 4.69) is 20.5 Å². The van der Waals surface area contributed by atoms with E-state index >= 15 is 0 Å². The van der Waals surface area contributed by atoms with Crippen molar-refractivity contribution in [2.45, 2.75) is 11.6 Å². The van der Waals surface area contributed by atoms with E-state index < -0.39 is 4.92 Å². The summed E-state index contributed by atoms with van der Waals surface area (Å²) in [7, 11) is 0. The Hall–Kier alpha value is -4.00. The third-order valence-electron chi connectivity index (χ3n) is 5.09. The molecule has 5 rings (SSSR count). The molecule has 186 valence electrons. The molecule has 0 aliphatic rings. The van der Waals surface area contributed by atoms with Crippen molar-refractivity contribution in [2.24, 2.45) is 0 Å². The van der Waals surface area contributed by atoms with Crippen molar-refractivity contribution in [2.75, 3.05) is 11.1 Å². The number of furan rings is 1. The summed E-state index contributed by atoms with van der Waals surface area (Å²) >= 11 is 8.59. The normalized spacial score (nSPS) is 10.9. The van der Waals surface area contributed by atoms with Gasteiger partial charge in [-0.3, -0.25) is 19.5 Å². The van der Waals surface area contributed by atoms with Gasteiger partial charge < -0.3 is 9.73 Å². The molecule has 37 heavy (non-hydrogen) atoms. The zero-order valence-corrected chi connectivity index (χ0v) is 21.3. The smallest absolute Gasteiger partial charge is 0.269 e. The Morgan fingerprint density at radius 3 is 2.76 bits per heavy atom. The summed E-state index contributed by atoms with van der Waals surface area (Å²) in [5, 5.41) is 23.9. The molecule has 0 aliphatic carbocycles. The summed E-state index contributed by atoms with van der Waals surface area (Å²) in [6.45, 7) is 0. The van der Waals surface area contributed by atoms with Crippen molar-refractivity contribution in [3.8, 4) is 17.3 Å². The molecule has 0 saturated heterocycles. The third-order valence-corrected chi connectivity index (χ3v) is 7.19. The number of aromatic nitrogens is 4. The van der Waals surface area contributed by atoms with E-state index in [1.807, 2.05) is 18.2 Å². The molecule has 0 bridgehead atoms. The molecule has 5 aromatic rings. The van der Waals surface area contributed by atoms with Gasteiger partial charge in [-0.05, 0) is 42.0 Å². The van der Waals surface area contributed by atoms with Gasteiger partial charge in [-0.25, -0.2) is 4.98 Å². The average Bonchev–Trinajstić information content (AvgIpc) is 3.65. The molecular weight excluding hydrogens is 536 g/mol. The van der Waals surface area contributed by atoms with Crippen molar-refractivity contribution in [3.05, 3.63) is 98.7 Å². The highest BCUT2D eigenvalue weighted by Gasteiger charge is 2.19. The first-order valence-corrected chi connectivity index (χ1v) is 13.0. The maximum atomic E-state index is 12.7. The molecule has 0 unspecified atom stereocenters. The lowest BCUT2D eigenvalue weighted by atomic mass is 10.1. The molecule has 0 radical (unpaired) electrons. The van der Waals surface area contributed by atoms with Gasteiger partial charge in [0.05, 0.1) is 16.9 Å². The number of hydrogen-bond donors (Lipinski definition) is 1. The standard InChI is InChI=1S/C24H17ClN6O4S2/c25-16-6-8-17(9-7-16)30-22(20-5-2-10-35-20)28-29-24(30)36-14-21(32)27-23-26-13-19(37-23)12-15-3-1-4-18(11-15)31(33)34/h1-11,13H,12,14H2,(H,26,27,32). The van der Waals surface area contributed by atoms with E-state index in [-0.39, 0.29) is 17.3 Å². The molecule has 10 nitrogen and oxygen atoms in total. The largest absolute Gasteiger partial charge is 0.461 e. The summed E-state index contributed by atoms with van der Waals surface area (Å²) in [6.07, 6.45) is 3.68. The maximum Gasteiger partial charge on any atom is 0.269 e. The van der Waals surface area contributed by atoms with Crippen LogP contribution >= 0.6 is 34.7 Å². The van der Waals surface area contributed by atoms with Crippen LogP contribution in [0.25, 0.3) is 17.3 Å². The Kier molecular flexibility index (Phi) is 7.30. The Bertz CT molecular complexity index is 1550. The first kappa shape index (κ1) is 24.7. The van der Waals surface area contributed by atoms with Crippen molar-refractivity contribution in [3.63, 3.8) is 0 Å². The number of nitro benzene ring substituents is 1. The number of benzene rings is 2. The van der Waals surface area contributed by atoms with Gasteiger partial charge in [-0.15, -0.1) is 21.5 Å². The predicted molar refractivity (Wildman–Crippen MR) is 141 cm³/mol. The monoisotopic (exact) mass is 552 g/mol. The summed E-state index contributed by atoms with van der Waals surface area (Å²) in [5.41, 5.74) is 1.60. The van der Waals surface area contributed by atoms with Gasteiger partial charge in [0, 0.05) is 40.3 Å². The second-order valence-electron chi connectivity index (χ2n) is 7.67. The lowest BCUT2D eigenvalue weighted by Gasteiger charge is -2.09. The Balaban J connectivity index is 1.26. The van der Waals surface area contributed by atoms with Gasteiger partial charge >= 0.3 is 0 Å². The molecular formula is C24H17ClN6O4S2. The minimum atomic E-state index is -0.426. The number of amides is 1. The number of carbonyl (C=O) groups is 1. The third kappa shape index (κ3) is 5.88. The molecule has 0 aliphatic heterocycles. The second kappa shape index (κ2) is 10.9. The van der Waals surface area contributed by atoms with Crippen LogP contribution in [0.5, 0.6) is 0 Å². The highest BCUT2D eigenvalue weighted by Crippen LogP contribution is 2.29. The van der Waals surface area contributed by atoms with E-state index in [0.29, 0.717) is 33.3 Å². The number of thioether (sulfide) groups is 1. The fraction of sp³-hybridized carbons (Fsp3) is 0.0833. The lowest BCUT2D eigenvalue weighted by Crippen LogP contribution is -2.14. The molecule has 0 saturated carbocycles. The number of rotatable bonds is 9. The SMILES string of the molecule is O=C(CSc1nnc(-c2ccco2)n1-c1ccc(Cl)cc1)Nc1ncc(Cc2cccc([N+](=O)[O-])c2)s1. The van der Waals surface area contributed by atoms with Crippen molar-refractivity contribution >= 4 is 51.4 Å². The van der Waals surface area contributed by atoms with E-state index in [4.69, 9.17) is 16.0 Å². The van der Waals surface area contributed by atoms with E-state index in [9.17, 15) is 14.9 Å². The quantitative estimate of drug-likeness (QED) is 0.137. The van der Waals surface area contributed by atoms with Crippen LogP contribution in [0.2, 0.25) is 5.02 Å². The van der Waals surface area contributed by atoms with Crippen molar-refractivity contribution in [1.82, 2.24) is 19.7 Å². The molecule has 0 fully saturated rings. The molecule has 2 aromatic carbocycles. The van der Waals surface area contributed by atoms with Crippen LogP contribution in [0.15, 0.2) is 82.7 Å². The zero-order valence-electron chi connectivity index (χ0n) is 18.9. The van der Waals surface area contributed by atoms with Crippen molar-refractivity contribution in [1.29, 1.82) is 0 Å². The number of nitrogens with one attached hydrogen (secondary N) is 1. The number of carbonyl (C=O) groups excluding carboxylic acids is 1. The van der Waals surface area contributed by atoms with Crippen LogP contribution in [0.4, 0.5) is 10.8 Å². The van der Waals surface area contributed by atoms with Crippen LogP contribution in [0.1, 0.15) is 10.4 Å². The van der Waals surface area contributed by atoms with E-state index in [1.165, 1.54) is 35.2 Å². The maximum absolute atomic E-state index is 12.7. The number of thiazole rings is 1. The fourth-order valence-electron chi connectivity index (χ4n) is 3.47. The minimum Gasteiger partial charge on any atom is -0.461 e. The summed E-state index contributed by atoms with van der Waals surface area (Å²) < 4.78 is 7.31. The second-order valence-corrected chi connectivity index (χ2v) is 10.2. The number of nitro groups is 1. The lowest BCUT2D eigenvalue weighted by molar-refractivity contribution is -0.384. The van der Waals surface area contributed by atoms with Gasteiger partial charge in [-0.2, -0.15) is 0 Å². The number of nitrogens with zero attached hydrogens (tertiary/aromatic N) is 5. The van der Waals surface area contributed by atoms with Gasteiger partial charge in [0.2, 0.25) is 11.7 Å². The molecule has 1 N–H and O–H groups in total. The van der Waals surface area contributed by atoms with Crippen LogP contribution < -0.4 is 5.32 Å². The first-order valence-electron chi connectivity index (χ1n) is 10.8. The molecule has 1 amide bonds. The summed E-state index contributed by atoms with van der Waals surface area (Å²) in [6, 6.07) is 17.2. The van der Waals surface area contributed by atoms with E-state index in [0.717, 1.165) is 16.1 Å². The molecule has 0 spiro atoms. The molecule has 13 heteroatoms. The summed E-state index contributed by atoms with van der Waals surface area (Å²) in [5.74, 6) is 0.856. The summed E-state index contributed by atoms with van der Waals surface area (Å²) in [4.78, 5) is 28.4.